The van der Waals surface area contributed by atoms with Gasteiger partial charge >= 0.3 is 0 Å². The van der Waals surface area contributed by atoms with Gasteiger partial charge in [-0.1, -0.05) is 44.5 Å². The Morgan fingerprint density at radius 3 is 2.44 bits per heavy atom. The maximum absolute atomic E-state index is 11.9. The highest BCUT2D eigenvalue weighted by atomic mass is 35.5. The summed E-state index contributed by atoms with van der Waals surface area (Å²) in [6.07, 6.45) is 0. The second-order valence-electron chi connectivity index (χ2n) is 4.78. The van der Waals surface area contributed by atoms with Crippen LogP contribution in [-0.2, 0) is 10.0 Å². The van der Waals surface area contributed by atoms with Crippen LogP contribution in [0.15, 0.2) is 27.5 Å². The summed E-state index contributed by atoms with van der Waals surface area (Å²) in [6.45, 7) is 5.78. The molecule has 3 nitrogen and oxygen atoms in total. The van der Waals surface area contributed by atoms with Gasteiger partial charge < -0.3 is 0 Å². The third-order valence-electron chi connectivity index (χ3n) is 2.40. The summed E-state index contributed by atoms with van der Waals surface area (Å²) < 4.78 is 27.5. The lowest BCUT2D eigenvalue weighted by molar-refractivity contribution is 0.589. The molecule has 0 fully saturated rings. The van der Waals surface area contributed by atoms with Crippen LogP contribution >= 0.6 is 11.6 Å². The van der Waals surface area contributed by atoms with Crippen molar-refractivity contribution in [3.8, 4) is 0 Å². The zero-order valence-corrected chi connectivity index (χ0v) is 10.9. The molecule has 0 saturated heterocycles. The van der Waals surface area contributed by atoms with Gasteiger partial charge in [-0.05, 0) is 6.07 Å². The number of fused-ring (bicyclic) bond motifs is 1. The van der Waals surface area contributed by atoms with Crippen molar-refractivity contribution in [3.63, 3.8) is 0 Å². The number of benzene rings is 1. The third kappa shape index (κ3) is 1.66. The summed E-state index contributed by atoms with van der Waals surface area (Å²) in [5.41, 5.74) is 0.883. The van der Waals surface area contributed by atoms with Crippen LogP contribution in [0, 0.1) is 5.41 Å². The van der Waals surface area contributed by atoms with Gasteiger partial charge in [0.25, 0.3) is 10.0 Å². The van der Waals surface area contributed by atoms with E-state index in [2.05, 4.69) is 4.40 Å². The van der Waals surface area contributed by atoms with Gasteiger partial charge in [0.2, 0.25) is 0 Å². The van der Waals surface area contributed by atoms with E-state index in [1.54, 1.807) is 18.2 Å². The van der Waals surface area contributed by atoms with Gasteiger partial charge in [-0.15, -0.1) is 0 Å². The summed E-state index contributed by atoms with van der Waals surface area (Å²) in [5, 5.41) is 0.237. The molecule has 5 heteroatoms. The van der Waals surface area contributed by atoms with E-state index in [1.807, 2.05) is 20.8 Å². The number of hydrogen-bond donors (Lipinski definition) is 0. The highest BCUT2D eigenvalue weighted by Gasteiger charge is 2.36. The van der Waals surface area contributed by atoms with Gasteiger partial charge in [0, 0.05) is 11.0 Å². The minimum absolute atomic E-state index is 0.140. The Morgan fingerprint density at radius 1 is 1.25 bits per heavy atom. The molecule has 0 aromatic heterocycles. The zero-order valence-electron chi connectivity index (χ0n) is 9.28. The molecule has 0 aliphatic carbocycles. The molecule has 0 amide bonds. The first-order valence-electron chi connectivity index (χ1n) is 4.88. The van der Waals surface area contributed by atoms with E-state index >= 15 is 0 Å². The molecule has 0 radical (unpaired) electrons. The molecule has 1 aliphatic rings. The van der Waals surface area contributed by atoms with Crippen LogP contribution in [0.2, 0.25) is 5.02 Å². The highest BCUT2D eigenvalue weighted by molar-refractivity contribution is 7.91. The van der Waals surface area contributed by atoms with Gasteiger partial charge in [-0.3, -0.25) is 0 Å². The Morgan fingerprint density at radius 2 is 1.88 bits per heavy atom. The smallest absolute Gasteiger partial charge is 0.199 e. The molecule has 0 bridgehead atoms. The standard InChI is InChI=1S/C11H12ClNO2S/c1-11(2,3)10-7-5-4-6-8(12)9(7)16(14,15)13-10/h4-6H,1-3H3. The van der Waals surface area contributed by atoms with Gasteiger partial charge in [-0.2, -0.15) is 12.8 Å². The van der Waals surface area contributed by atoms with Crippen LogP contribution in [0.4, 0.5) is 0 Å². The Labute approximate surface area is 100 Å². The first-order valence-corrected chi connectivity index (χ1v) is 6.69. The van der Waals surface area contributed by atoms with E-state index in [-0.39, 0.29) is 15.3 Å². The summed E-state index contributed by atoms with van der Waals surface area (Å²) in [4.78, 5) is 0.140. The molecular formula is C11H12ClNO2S. The maximum Gasteiger partial charge on any atom is 0.284 e. The van der Waals surface area contributed by atoms with Crippen molar-refractivity contribution in [1.29, 1.82) is 0 Å². The summed E-state index contributed by atoms with van der Waals surface area (Å²) in [7, 11) is -3.61. The van der Waals surface area contributed by atoms with Gasteiger partial charge in [-0.25, -0.2) is 0 Å². The van der Waals surface area contributed by atoms with E-state index in [4.69, 9.17) is 11.6 Å². The van der Waals surface area contributed by atoms with Crippen molar-refractivity contribution < 1.29 is 8.42 Å². The predicted octanol–water partition coefficient (Wildman–Crippen LogP) is 2.88. The minimum Gasteiger partial charge on any atom is -0.199 e. The average Bonchev–Trinajstić information content (AvgIpc) is 2.39. The molecule has 0 atom stereocenters. The number of halogens is 1. The molecule has 16 heavy (non-hydrogen) atoms. The molecule has 1 aromatic carbocycles. The molecular weight excluding hydrogens is 246 g/mol. The van der Waals surface area contributed by atoms with Crippen LogP contribution in [0.5, 0.6) is 0 Å². The monoisotopic (exact) mass is 257 g/mol. The molecule has 1 heterocycles. The average molecular weight is 258 g/mol. The fourth-order valence-electron chi connectivity index (χ4n) is 1.71. The largest absolute Gasteiger partial charge is 0.284 e. The number of hydrogen-bond acceptors (Lipinski definition) is 2. The van der Waals surface area contributed by atoms with Crippen molar-refractivity contribution in [2.24, 2.45) is 9.81 Å². The van der Waals surface area contributed by atoms with Crippen molar-refractivity contribution in [2.45, 2.75) is 25.7 Å². The van der Waals surface area contributed by atoms with Gasteiger partial charge in [0.15, 0.2) is 0 Å². The van der Waals surface area contributed by atoms with Gasteiger partial charge in [0.05, 0.1) is 10.7 Å². The van der Waals surface area contributed by atoms with Crippen molar-refractivity contribution >= 4 is 27.3 Å². The van der Waals surface area contributed by atoms with Crippen LogP contribution in [0.1, 0.15) is 26.3 Å². The third-order valence-corrected chi connectivity index (χ3v) is 4.21. The Kier molecular flexibility index (Phi) is 2.40. The first-order chi connectivity index (χ1) is 7.23. The van der Waals surface area contributed by atoms with Crippen molar-refractivity contribution in [2.75, 3.05) is 0 Å². The molecule has 0 saturated carbocycles. The molecule has 1 aromatic rings. The summed E-state index contributed by atoms with van der Waals surface area (Å²) in [5.74, 6) is 0. The van der Waals surface area contributed by atoms with Crippen LogP contribution in [-0.4, -0.2) is 14.1 Å². The van der Waals surface area contributed by atoms with Crippen LogP contribution in [0.3, 0.4) is 0 Å². The lowest BCUT2D eigenvalue weighted by Gasteiger charge is -2.18. The molecule has 1 aliphatic heterocycles. The highest BCUT2D eigenvalue weighted by Crippen LogP contribution is 2.37. The second kappa shape index (κ2) is 3.31. The number of sulfonamides is 1. The van der Waals surface area contributed by atoms with E-state index in [0.29, 0.717) is 11.3 Å². The van der Waals surface area contributed by atoms with E-state index in [1.165, 1.54) is 0 Å². The fraction of sp³-hybridized carbons (Fsp3) is 0.364. The lowest BCUT2D eigenvalue weighted by Crippen LogP contribution is -2.19. The molecule has 2 rings (SSSR count). The van der Waals surface area contributed by atoms with E-state index < -0.39 is 10.0 Å². The number of rotatable bonds is 0. The van der Waals surface area contributed by atoms with Crippen LogP contribution in [0.25, 0.3) is 0 Å². The van der Waals surface area contributed by atoms with Crippen molar-refractivity contribution in [3.05, 3.63) is 28.8 Å². The molecule has 0 unspecified atom stereocenters. The fourth-order valence-corrected chi connectivity index (χ4v) is 3.64. The summed E-state index contributed by atoms with van der Waals surface area (Å²) in [6, 6.07) is 5.05. The zero-order chi connectivity index (χ0) is 12.1. The molecule has 0 N–H and O–H groups in total. The first kappa shape index (κ1) is 11.6. The predicted molar refractivity (Wildman–Crippen MR) is 64.6 cm³/mol. The molecule has 86 valence electrons. The van der Waals surface area contributed by atoms with Gasteiger partial charge in [0.1, 0.15) is 4.90 Å². The summed E-state index contributed by atoms with van der Waals surface area (Å²) >= 11 is 5.92. The van der Waals surface area contributed by atoms with E-state index in [0.717, 1.165) is 0 Å². The normalized spacial score (nSPS) is 18.1. The van der Waals surface area contributed by atoms with E-state index in [9.17, 15) is 8.42 Å². The SMILES string of the molecule is CC(C)(C)C1=NS(=O)(=O)c2c(Cl)cccc21. The lowest BCUT2D eigenvalue weighted by atomic mass is 9.86. The van der Waals surface area contributed by atoms with Crippen LogP contribution < -0.4 is 0 Å². The number of nitrogens with zero attached hydrogens (tertiary/aromatic N) is 1. The Hall–Kier alpha value is -0.870. The Balaban J connectivity index is 2.81. The van der Waals surface area contributed by atoms with Crippen molar-refractivity contribution in [1.82, 2.24) is 0 Å². The quantitative estimate of drug-likeness (QED) is 0.717. The molecule has 0 spiro atoms. The Bertz CT molecular complexity index is 582. The maximum atomic E-state index is 11.9. The second-order valence-corrected chi connectivity index (χ2v) is 6.73. The minimum atomic E-state index is -3.61. The topological polar surface area (TPSA) is 46.5 Å².